The van der Waals surface area contributed by atoms with Crippen LogP contribution in [0, 0.1) is 6.92 Å². The van der Waals surface area contributed by atoms with Gasteiger partial charge in [0.1, 0.15) is 0 Å². The van der Waals surface area contributed by atoms with Gasteiger partial charge in [-0.3, -0.25) is 0 Å². The first-order valence-corrected chi connectivity index (χ1v) is 6.29. The summed E-state index contributed by atoms with van der Waals surface area (Å²) in [6, 6.07) is 0.401. The Labute approximate surface area is 95.9 Å². The van der Waals surface area contributed by atoms with Crippen molar-refractivity contribution in [3.63, 3.8) is 0 Å². The molecule has 1 rings (SSSR count). The van der Waals surface area contributed by atoms with Gasteiger partial charge in [0.05, 0.1) is 5.01 Å². The zero-order valence-corrected chi connectivity index (χ0v) is 10.6. The van der Waals surface area contributed by atoms with E-state index in [4.69, 9.17) is 4.74 Å². The molecule has 0 aliphatic heterocycles. The van der Waals surface area contributed by atoms with E-state index in [1.165, 1.54) is 4.88 Å². The van der Waals surface area contributed by atoms with Gasteiger partial charge in [0.25, 0.3) is 0 Å². The predicted octanol–water partition coefficient (Wildman–Crippen LogP) is 2.53. The van der Waals surface area contributed by atoms with Crippen molar-refractivity contribution in [2.24, 2.45) is 0 Å². The second kappa shape index (κ2) is 6.93. The number of aromatic nitrogens is 1. The molecule has 1 aromatic rings. The highest BCUT2D eigenvalue weighted by molar-refractivity contribution is 7.11. The van der Waals surface area contributed by atoms with Gasteiger partial charge in [0.15, 0.2) is 0 Å². The Morgan fingerprint density at radius 2 is 2.40 bits per heavy atom. The SMILES string of the molecule is CCOCCCNC(C)c1cnc(C)s1. The van der Waals surface area contributed by atoms with E-state index in [1.807, 2.05) is 20.0 Å². The maximum Gasteiger partial charge on any atom is 0.0897 e. The lowest BCUT2D eigenvalue weighted by molar-refractivity contribution is 0.144. The molecule has 86 valence electrons. The van der Waals surface area contributed by atoms with Crippen LogP contribution in [0.1, 0.15) is 36.2 Å². The summed E-state index contributed by atoms with van der Waals surface area (Å²) in [5, 5.41) is 4.59. The van der Waals surface area contributed by atoms with E-state index >= 15 is 0 Å². The van der Waals surface area contributed by atoms with Crippen molar-refractivity contribution in [1.82, 2.24) is 10.3 Å². The summed E-state index contributed by atoms with van der Waals surface area (Å²) in [6.07, 6.45) is 3.02. The summed E-state index contributed by atoms with van der Waals surface area (Å²) in [5.74, 6) is 0. The first kappa shape index (κ1) is 12.6. The van der Waals surface area contributed by atoms with Crippen LogP contribution in [0.2, 0.25) is 0 Å². The van der Waals surface area contributed by atoms with Gasteiger partial charge in [-0.25, -0.2) is 4.98 Å². The third-order valence-electron chi connectivity index (χ3n) is 2.19. The summed E-state index contributed by atoms with van der Waals surface area (Å²) in [4.78, 5) is 5.56. The molecule has 0 bridgehead atoms. The number of nitrogens with zero attached hydrogens (tertiary/aromatic N) is 1. The van der Waals surface area contributed by atoms with Crippen LogP contribution in [-0.2, 0) is 4.74 Å². The van der Waals surface area contributed by atoms with Crippen molar-refractivity contribution in [2.45, 2.75) is 33.2 Å². The summed E-state index contributed by atoms with van der Waals surface area (Å²) in [7, 11) is 0. The molecule has 1 heterocycles. The van der Waals surface area contributed by atoms with Crippen molar-refractivity contribution in [3.8, 4) is 0 Å². The van der Waals surface area contributed by atoms with Gasteiger partial charge in [-0.2, -0.15) is 0 Å². The van der Waals surface area contributed by atoms with Crippen LogP contribution in [0.3, 0.4) is 0 Å². The minimum Gasteiger partial charge on any atom is -0.382 e. The third kappa shape index (κ3) is 4.73. The molecule has 0 amide bonds. The number of aryl methyl sites for hydroxylation is 1. The maximum absolute atomic E-state index is 5.28. The minimum atomic E-state index is 0.401. The number of nitrogens with one attached hydrogen (secondary N) is 1. The Bertz CT molecular complexity index is 275. The summed E-state index contributed by atoms with van der Waals surface area (Å²) in [5.41, 5.74) is 0. The van der Waals surface area contributed by atoms with Crippen molar-refractivity contribution in [2.75, 3.05) is 19.8 Å². The van der Waals surface area contributed by atoms with Crippen molar-refractivity contribution in [1.29, 1.82) is 0 Å². The third-order valence-corrected chi connectivity index (χ3v) is 3.28. The molecule has 0 spiro atoms. The van der Waals surface area contributed by atoms with Crippen LogP contribution in [-0.4, -0.2) is 24.7 Å². The molecule has 1 aromatic heterocycles. The molecule has 0 aliphatic rings. The monoisotopic (exact) mass is 228 g/mol. The Balaban J connectivity index is 2.16. The van der Waals surface area contributed by atoms with Gasteiger partial charge in [0.2, 0.25) is 0 Å². The normalized spacial score (nSPS) is 13.0. The van der Waals surface area contributed by atoms with E-state index in [-0.39, 0.29) is 0 Å². The van der Waals surface area contributed by atoms with Gasteiger partial charge in [-0.05, 0) is 33.7 Å². The highest BCUT2D eigenvalue weighted by Gasteiger charge is 2.06. The summed E-state index contributed by atoms with van der Waals surface area (Å²) < 4.78 is 5.28. The van der Waals surface area contributed by atoms with E-state index in [2.05, 4.69) is 17.2 Å². The molecule has 0 aliphatic carbocycles. The van der Waals surface area contributed by atoms with Crippen molar-refractivity contribution < 1.29 is 4.74 Å². The highest BCUT2D eigenvalue weighted by atomic mass is 32.1. The molecule has 3 nitrogen and oxygen atoms in total. The van der Waals surface area contributed by atoms with E-state index in [9.17, 15) is 0 Å². The Kier molecular flexibility index (Phi) is 5.83. The molecule has 0 fully saturated rings. The van der Waals surface area contributed by atoms with E-state index < -0.39 is 0 Å². The van der Waals surface area contributed by atoms with E-state index in [0.717, 1.165) is 31.2 Å². The van der Waals surface area contributed by atoms with Crippen molar-refractivity contribution in [3.05, 3.63) is 16.1 Å². The molecule has 1 atom stereocenters. The quantitative estimate of drug-likeness (QED) is 0.728. The number of hydrogen-bond donors (Lipinski definition) is 1. The highest BCUT2D eigenvalue weighted by Crippen LogP contribution is 2.19. The first-order chi connectivity index (χ1) is 7.24. The smallest absolute Gasteiger partial charge is 0.0897 e. The largest absolute Gasteiger partial charge is 0.382 e. The zero-order chi connectivity index (χ0) is 11.1. The number of thiazole rings is 1. The van der Waals surface area contributed by atoms with Crippen LogP contribution in [0.4, 0.5) is 0 Å². The van der Waals surface area contributed by atoms with E-state index in [1.54, 1.807) is 11.3 Å². The molecule has 4 heteroatoms. The average molecular weight is 228 g/mol. The lowest BCUT2D eigenvalue weighted by Gasteiger charge is -2.11. The van der Waals surface area contributed by atoms with Crippen LogP contribution in [0.15, 0.2) is 6.20 Å². The van der Waals surface area contributed by atoms with Gasteiger partial charge >= 0.3 is 0 Å². The van der Waals surface area contributed by atoms with Crippen LogP contribution >= 0.6 is 11.3 Å². The summed E-state index contributed by atoms with van der Waals surface area (Å²) in [6.45, 7) is 8.89. The molecular formula is C11H20N2OS. The molecule has 0 saturated heterocycles. The maximum atomic E-state index is 5.28. The predicted molar refractivity (Wildman–Crippen MR) is 64.4 cm³/mol. The second-order valence-corrected chi connectivity index (χ2v) is 4.77. The number of ether oxygens (including phenoxy) is 1. The lowest BCUT2D eigenvalue weighted by Crippen LogP contribution is -2.20. The Morgan fingerprint density at radius 3 is 3.00 bits per heavy atom. The first-order valence-electron chi connectivity index (χ1n) is 5.47. The fourth-order valence-corrected chi connectivity index (χ4v) is 2.13. The fourth-order valence-electron chi connectivity index (χ4n) is 1.32. The standard InChI is InChI=1S/C11H20N2OS/c1-4-14-7-5-6-12-9(2)11-8-13-10(3)15-11/h8-9,12H,4-7H2,1-3H3. The molecular weight excluding hydrogens is 208 g/mol. The van der Waals surface area contributed by atoms with Crippen LogP contribution in [0.5, 0.6) is 0 Å². The second-order valence-electron chi connectivity index (χ2n) is 3.51. The van der Waals surface area contributed by atoms with Gasteiger partial charge in [0, 0.05) is 30.3 Å². The summed E-state index contributed by atoms with van der Waals surface area (Å²) >= 11 is 1.76. The topological polar surface area (TPSA) is 34.1 Å². The van der Waals surface area contributed by atoms with Gasteiger partial charge in [-0.15, -0.1) is 11.3 Å². The van der Waals surface area contributed by atoms with Crippen LogP contribution < -0.4 is 5.32 Å². The number of rotatable bonds is 7. The average Bonchev–Trinajstić information content (AvgIpc) is 2.64. The van der Waals surface area contributed by atoms with E-state index in [0.29, 0.717) is 6.04 Å². The molecule has 15 heavy (non-hydrogen) atoms. The van der Waals surface area contributed by atoms with Crippen molar-refractivity contribution >= 4 is 11.3 Å². The fraction of sp³-hybridized carbons (Fsp3) is 0.727. The number of hydrogen-bond acceptors (Lipinski definition) is 4. The van der Waals surface area contributed by atoms with Gasteiger partial charge < -0.3 is 10.1 Å². The Morgan fingerprint density at radius 1 is 1.60 bits per heavy atom. The minimum absolute atomic E-state index is 0.401. The van der Waals surface area contributed by atoms with Gasteiger partial charge in [-0.1, -0.05) is 0 Å². The lowest BCUT2D eigenvalue weighted by atomic mass is 10.3. The van der Waals surface area contributed by atoms with Crippen LogP contribution in [0.25, 0.3) is 0 Å². The molecule has 0 aromatic carbocycles. The molecule has 0 radical (unpaired) electrons. The Hall–Kier alpha value is -0.450. The molecule has 1 N–H and O–H groups in total. The zero-order valence-electron chi connectivity index (χ0n) is 9.75. The molecule has 0 saturated carbocycles. The molecule has 1 unspecified atom stereocenters.